The van der Waals surface area contributed by atoms with E-state index in [0.29, 0.717) is 18.6 Å². The second-order valence-electron chi connectivity index (χ2n) is 9.26. The van der Waals surface area contributed by atoms with Crippen molar-refractivity contribution in [3.63, 3.8) is 0 Å². The van der Waals surface area contributed by atoms with Crippen molar-refractivity contribution in [3.8, 4) is 5.75 Å². The Balaban J connectivity index is 1.60. The molecule has 2 atom stereocenters. The number of aliphatic carboxylic acids is 1. The molecule has 192 valence electrons. The minimum atomic E-state index is -3.77. The average molecular weight is 513 g/mol. The van der Waals surface area contributed by atoms with Crippen LogP contribution in [0.5, 0.6) is 5.75 Å². The number of nitrogens with zero attached hydrogens (tertiary/aromatic N) is 4. The van der Waals surface area contributed by atoms with Crippen LogP contribution in [0.2, 0.25) is 0 Å². The Morgan fingerprint density at radius 3 is 2.75 bits per heavy atom. The van der Waals surface area contributed by atoms with E-state index >= 15 is 0 Å². The van der Waals surface area contributed by atoms with E-state index in [1.165, 1.54) is 4.31 Å². The van der Waals surface area contributed by atoms with Crippen molar-refractivity contribution in [2.24, 2.45) is 0 Å². The molecule has 1 aliphatic rings. The number of aromatic nitrogens is 3. The van der Waals surface area contributed by atoms with Gasteiger partial charge in [0.1, 0.15) is 16.7 Å². The van der Waals surface area contributed by atoms with Gasteiger partial charge >= 0.3 is 5.97 Å². The van der Waals surface area contributed by atoms with Crippen molar-refractivity contribution < 1.29 is 23.1 Å². The summed E-state index contributed by atoms with van der Waals surface area (Å²) < 4.78 is 36.1. The molecule has 1 N–H and O–H groups in total. The first kappa shape index (κ1) is 25.8. The van der Waals surface area contributed by atoms with Crippen LogP contribution >= 0.6 is 0 Å². The lowest BCUT2D eigenvalue weighted by molar-refractivity contribution is -0.137. The van der Waals surface area contributed by atoms with Gasteiger partial charge in [0.2, 0.25) is 10.0 Å². The molecule has 0 saturated heterocycles. The van der Waals surface area contributed by atoms with E-state index in [0.717, 1.165) is 28.9 Å². The predicted molar refractivity (Wildman–Crippen MR) is 134 cm³/mol. The second-order valence-corrected chi connectivity index (χ2v) is 11.2. The topological polar surface area (TPSA) is 115 Å². The summed E-state index contributed by atoms with van der Waals surface area (Å²) in [4.78, 5) is 11.8. The fourth-order valence-electron chi connectivity index (χ4n) is 4.52. The van der Waals surface area contributed by atoms with Crippen molar-refractivity contribution in [1.29, 1.82) is 0 Å². The van der Waals surface area contributed by atoms with Crippen molar-refractivity contribution in [3.05, 3.63) is 71.0 Å². The Labute approximate surface area is 211 Å². The van der Waals surface area contributed by atoms with E-state index in [1.54, 1.807) is 28.9 Å². The third kappa shape index (κ3) is 5.76. The number of carboxylic acid groups (broad SMARTS) is 1. The molecule has 0 fully saturated rings. The minimum Gasteiger partial charge on any atom is -0.488 e. The van der Waals surface area contributed by atoms with Crippen LogP contribution in [0.4, 0.5) is 0 Å². The first-order valence-electron chi connectivity index (χ1n) is 12.1. The maximum absolute atomic E-state index is 13.5. The van der Waals surface area contributed by atoms with E-state index in [9.17, 15) is 18.3 Å². The standard InChI is InChI=1S/C26H32N4O5S/c1-4-29-17-23(27-28-29)12-11-21(14-26(31)32)20-10-9-18(2)22(13-20)16-30-15-19(3)35-24-7-5-6-8-25(24)36(30,33)34/h5-10,13,17,19,21H,4,11-12,14-16H2,1-3H3,(H,31,32)/t19-,21?/m1/s1. The molecule has 10 heteroatoms. The highest BCUT2D eigenvalue weighted by Gasteiger charge is 2.33. The number of rotatable bonds is 9. The molecule has 2 heterocycles. The van der Waals surface area contributed by atoms with Gasteiger partial charge in [-0.05, 0) is 68.4 Å². The molecule has 0 bridgehead atoms. The van der Waals surface area contributed by atoms with Crippen LogP contribution in [0.1, 0.15) is 55.0 Å². The van der Waals surface area contributed by atoms with Gasteiger partial charge in [0, 0.05) is 19.3 Å². The van der Waals surface area contributed by atoms with Crippen molar-refractivity contribution in [1.82, 2.24) is 19.3 Å². The van der Waals surface area contributed by atoms with E-state index in [1.807, 2.05) is 45.2 Å². The fourth-order valence-corrected chi connectivity index (χ4v) is 6.14. The van der Waals surface area contributed by atoms with Crippen LogP contribution in [0, 0.1) is 6.92 Å². The Morgan fingerprint density at radius 2 is 2.03 bits per heavy atom. The molecule has 0 aliphatic carbocycles. The lowest BCUT2D eigenvalue weighted by atomic mass is 9.88. The highest BCUT2D eigenvalue weighted by atomic mass is 32.2. The summed E-state index contributed by atoms with van der Waals surface area (Å²) in [6, 6.07) is 12.5. The van der Waals surface area contributed by atoms with Crippen LogP contribution in [-0.4, -0.2) is 51.4 Å². The molecule has 1 aliphatic heterocycles. The molecule has 36 heavy (non-hydrogen) atoms. The molecule has 0 saturated carbocycles. The first-order chi connectivity index (χ1) is 17.2. The molecule has 1 aromatic heterocycles. The highest BCUT2D eigenvalue weighted by Crippen LogP contribution is 2.33. The van der Waals surface area contributed by atoms with Crippen LogP contribution in [0.15, 0.2) is 53.6 Å². The Bertz CT molecular complexity index is 1340. The number of hydrogen-bond acceptors (Lipinski definition) is 6. The van der Waals surface area contributed by atoms with E-state index in [-0.39, 0.29) is 36.4 Å². The van der Waals surface area contributed by atoms with Gasteiger partial charge in [0.25, 0.3) is 0 Å². The maximum atomic E-state index is 13.5. The number of hydrogen-bond donors (Lipinski definition) is 1. The lowest BCUT2D eigenvalue weighted by Gasteiger charge is -2.23. The summed E-state index contributed by atoms with van der Waals surface area (Å²) in [5, 5.41) is 17.8. The number of aryl methyl sites for hydroxylation is 3. The SMILES string of the molecule is CCn1cc(CCC(CC(=O)O)c2ccc(C)c(CN3C[C@@H](C)Oc4ccccc4S3(=O)=O)c2)nn1. The van der Waals surface area contributed by atoms with Crippen LogP contribution < -0.4 is 4.74 Å². The molecule has 0 spiro atoms. The summed E-state index contributed by atoms with van der Waals surface area (Å²) in [6.45, 7) is 6.88. The van der Waals surface area contributed by atoms with Gasteiger partial charge < -0.3 is 9.84 Å². The van der Waals surface area contributed by atoms with Gasteiger partial charge in [-0.1, -0.05) is 35.5 Å². The van der Waals surface area contributed by atoms with Crippen molar-refractivity contribution in [2.45, 2.75) is 70.0 Å². The monoisotopic (exact) mass is 512 g/mol. The Morgan fingerprint density at radius 1 is 1.25 bits per heavy atom. The van der Waals surface area contributed by atoms with Gasteiger partial charge in [-0.2, -0.15) is 4.31 Å². The van der Waals surface area contributed by atoms with Crippen molar-refractivity contribution in [2.75, 3.05) is 6.54 Å². The third-order valence-electron chi connectivity index (χ3n) is 6.53. The molecule has 3 aromatic rings. The molecule has 0 radical (unpaired) electrons. The molecule has 4 rings (SSSR count). The number of para-hydroxylation sites is 1. The molecule has 0 amide bonds. The molecular formula is C26H32N4O5S. The zero-order chi connectivity index (χ0) is 25.9. The quantitative estimate of drug-likeness (QED) is 0.464. The molecule has 1 unspecified atom stereocenters. The fraction of sp³-hybridized carbons (Fsp3) is 0.423. The smallest absolute Gasteiger partial charge is 0.303 e. The highest BCUT2D eigenvalue weighted by molar-refractivity contribution is 7.89. The minimum absolute atomic E-state index is 0.0231. The lowest BCUT2D eigenvalue weighted by Crippen LogP contribution is -2.35. The normalized spacial score (nSPS) is 18.1. The summed E-state index contributed by atoms with van der Waals surface area (Å²) in [5.41, 5.74) is 3.48. The Hall–Kier alpha value is -3.24. The van der Waals surface area contributed by atoms with Gasteiger partial charge in [-0.25, -0.2) is 8.42 Å². The summed E-state index contributed by atoms with van der Waals surface area (Å²) in [6.07, 6.45) is 2.74. The Kier molecular flexibility index (Phi) is 7.75. The zero-order valence-electron chi connectivity index (χ0n) is 20.8. The summed E-state index contributed by atoms with van der Waals surface area (Å²) in [7, 11) is -3.77. The van der Waals surface area contributed by atoms with Gasteiger partial charge in [0.05, 0.1) is 18.7 Å². The summed E-state index contributed by atoms with van der Waals surface area (Å²) in [5.74, 6) is -0.756. The number of sulfonamides is 1. The molecule has 2 aromatic carbocycles. The van der Waals surface area contributed by atoms with Gasteiger partial charge in [-0.3, -0.25) is 9.48 Å². The zero-order valence-corrected chi connectivity index (χ0v) is 21.6. The van der Waals surface area contributed by atoms with E-state index in [2.05, 4.69) is 10.3 Å². The maximum Gasteiger partial charge on any atom is 0.303 e. The number of carboxylic acids is 1. The molecular weight excluding hydrogens is 480 g/mol. The number of ether oxygens (including phenoxy) is 1. The number of carbonyl (C=O) groups is 1. The van der Waals surface area contributed by atoms with E-state index < -0.39 is 16.0 Å². The second kappa shape index (κ2) is 10.8. The number of benzene rings is 2. The average Bonchev–Trinajstić information content (AvgIpc) is 3.27. The van der Waals surface area contributed by atoms with Crippen LogP contribution in [0.25, 0.3) is 0 Å². The largest absolute Gasteiger partial charge is 0.488 e. The number of fused-ring (bicyclic) bond motifs is 1. The van der Waals surface area contributed by atoms with E-state index in [4.69, 9.17) is 4.74 Å². The van der Waals surface area contributed by atoms with Crippen LogP contribution in [0.3, 0.4) is 0 Å². The predicted octanol–water partition coefficient (Wildman–Crippen LogP) is 3.77. The molecule has 9 nitrogen and oxygen atoms in total. The third-order valence-corrected chi connectivity index (χ3v) is 8.38. The van der Waals surface area contributed by atoms with Crippen molar-refractivity contribution >= 4 is 16.0 Å². The van der Waals surface area contributed by atoms with Crippen LogP contribution in [-0.2, 0) is 34.3 Å². The first-order valence-corrected chi connectivity index (χ1v) is 13.6. The van der Waals surface area contributed by atoms with Gasteiger partial charge in [0.15, 0.2) is 0 Å². The summed E-state index contributed by atoms with van der Waals surface area (Å²) >= 11 is 0. The van der Waals surface area contributed by atoms with Gasteiger partial charge in [-0.15, -0.1) is 5.10 Å².